The van der Waals surface area contributed by atoms with Crippen LogP contribution in [0.1, 0.15) is 32.1 Å². The Morgan fingerprint density at radius 2 is 2.05 bits per heavy atom. The van der Waals surface area contributed by atoms with Crippen LogP contribution in [0.4, 0.5) is 0 Å². The van der Waals surface area contributed by atoms with Crippen molar-refractivity contribution in [2.45, 2.75) is 38.1 Å². The van der Waals surface area contributed by atoms with Gasteiger partial charge in [-0.3, -0.25) is 4.79 Å². The lowest BCUT2D eigenvalue weighted by atomic mass is 9.88. The van der Waals surface area contributed by atoms with Crippen LogP contribution in [0.3, 0.4) is 0 Å². The number of hydrogen-bond donors (Lipinski definition) is 1. The lowest BCUT2D eigenvalue weighted by Crippen LogP contribution is -2.44. The van der Waals surface area contributed by atoms with Gasteiger partial charge in [-0.2, -0.15) is 0 Å². The molecule has 2 aliphatic carbocycles. The fraction of sp³-hybridized carbons (Fsp3) is 0.929. The zero-order valence-electron chi connectivity index (χ0n) is 12.4. The molecule has 0 aromatic rings. The summed E-state index contributed by atoms with van der Waals surface area (Å²) in [5.74, 6) is 2.11. The quantitative estimate of drug-likeness (QED) is 0.781. The maximum atomic E-state index is 12.2. The summed E-state index contributed by atoms with van der Waals surface area (Å²) in [4.78, 5) is 13.9. The van der Waals surface area contributed by atoms with E-state index in [0.717, 1.165) is 18.4 Å². The highest BCUT2D eigenvalue weighted by molar-refractivity contribution is 7.90. The Kier molecular flexibility index (Phi) is 4.74. The third-order valence-corrected chi connectivity index (χ3v) is 5.86. The summed E-state index contributed by atoms with van der Waals surface area (Å²) in [5, 5.41) is 0. The smallest absolute Gasteiger partial charge is 0.239 e. The molecule has 0 spiro atoms. The van der Waals surface area contributed by atoms with E-state index < -0.39 is 15.9 Å². The van der Waals surface area contributed by atoms with Crippen molar-refractivity contribution in [1.29, 1.82) is 0 Å². The first-order chi connectivity index (χ1) is 9.26. The van der Waals surface area contributed by atoms with Gasteiger partial charge in [-0.1, -0.05) is 6.42 Å². The van der Waals surface area contributed by atoms with E-state index in [2.05, 4.69) is 0 Å². The van der Waals surface area contributed by atoms with Gasteiger partial charge in [-0.05, 0) is 43.4 Å². The normalized spacial score (nSPS) is 30.4. The molecule has 0 heterocycles. The largest absolute Gasteiger partial charge is 0.344 e. The average molecular weight is 302 g/mol. The van der Waals surface area contributed by atoms with Crippen LogP contribution in [0.15, 0.2) is 0 Å². The molecule has 0 aliphatic heterocycles. The Bertz CT molecular complexity index is 463. The third-order valence-electron chi connectivity index (χ3n) is 4.89. The highest BCUT2D eigenvalue weighted by atomic mass is 32.2. The fourth-order valence-electron chi connectivity index (χ4n) is 3.79. The Labute approximate surface area is 121 Å². The molecular formula is C14H26N2O3S. The zero-order chi connectivity index (χ0) is 14.9. The van der Waals surface area contributed by atoms with Crippen molar-refractivity contribution < 1.29 is 13.2 Å². The molecule has 2 N–H and O–H groups in total. The van der Waals surface area contributed by atoms with Gasteiger partial charge < -0.3 is 10.6 Å². The molecule has 1 amide bonds. The Hall–Kier alpha value is -0.620. The number of nitrogens with zero attached hydrogens (tertiary/aromatic N) is 1. The fourth-order valence-corrected chi connectivity index (χ4v) is 4.47. The molecule has 2 fully saturated rings. The maximum absolute atomic E-state index is 12.2. The van der Waals surface area contributed by atoms with E-state index in [0.29, 0.717) is 5.92 Å². The summed E-state index contributed by atoms with van der Waals surface area (Å²) < 4.78 is 22.2. The highest BCUT2D eigenvalue weighted by Gasteiger charge is 2.40. The van der Waals surface area contributed by atoms with Crippen LogP contribution in [0.5, 0.6) is 0 Å². The predicted octanol–water partition coefficient (Wildman–Crippen LogP) is 0.643. The van der Waals surface area contributed by atoms with Crippen LogP contribution in [0.25, 0.3) is 0 Å². The van der Waals surface area contributed by atoms with Gasteiger partial charge in [0.05, 0.1) is 11.8 Å². The van der Waals surface area contributed by atoms with E-state index in [1.54, 1.807) is 11.9 Å². The van der Waals surface area contributed by atoms with Gasteiger partial charge in [0, 0.05) is 19.8 Å². The molecule has 116 valence electrons. The summed E-state index contributed by atoms with van der Waals surface area (Å²) in [5.41, 5.74) is 5.82. The van der Waals surface area contributed by atoms with Gasteiger partial charge in [-0.15, -0.1) is 0 Å². The summed E-state index contributed by atoms with van der Waals surface area (Å²) in [6.45, 7) is 0.770. The van der Waals surface area contributed by atoms with Crippen molar-refractivity contribution >= 4 is 15.7 Å². The Morgan fingerprint density at radius 3 is 2.55 bits per heavy atom. The second-order valence-corrected chi connectivity index (χ2v) is 8.94. The molecule has 0 aromatic heterocycles. The zero-order valence-corrected chi connectivity index (χ0v) is 13.2. The van der Waals surface area contributed by atoms with Gasteiger partial charge in [-0.25, -0.2) is 8.42 Å². The molecule has 6 heteroatoms. The van der Waals surface area contributed by atoms with Gasteiger partial charge >= 0.3 is 0 Å². The van der Waals surface area contributed by atoms with Crippen LogP contribution in [-0.4, -0.2) is 50.9 Å². The van der Waals surface area contributed by atoms with E-state index in [1.807, 2.05) is 0 Å². The molecule has 2 saturated carbocycles. The number of fused-ring (bicyclic) bond motifs is 2. The lowest BCUT2D eigenvalue weighted by Gasteiger charge is -2.28. The Balaban J connectivity index is 1.79. The summed E-state index contributed by atoms with van der Waals surface area (Å²) in [6.07, 6.45) is 6.60. The molecule has 0 aromatic carbocycles. The van der Waals surface area contributed by atoms with Gasteiger partial charge in [0.2, 0.25) is 5.91 Å². The minimum atomic E-state index is -3.06. The molecule has 2 bridgehead atoms. The standard InChI is InChI=1S/C14H26N2O3S/c1-16(9-12-8-10-3-4-11(12)7-10)14(17)13(15)5-6-20(2,18)19/h10-13H,3-9,15H2,1-2H3. The van der Waals surface area contributed by atoms with Crippen molar-refractivity contribution in [1.82, 2.24) is 4.90 Å². The average Bonchev–Trinajstić information content (AvgIpc) is 2.96. The maximum Gasteiger partial charge on any atom is 0.239 e. The number of hydrogen-bond acceptors (Lipinski definition) is 4. The predicted molar refractivity (Wildman–Crippen MR) is 78.9 cm³/mol. The van der Waals surface area contributed by atoms with E-state index in [4.69, 9.17) is 5.73 Å². The SMILES string of the molecule is CN(CC1CC2CCC1C2)C(=O)C(N)CCS(C)(=O)=O. The molecule has 4 atom stereocenters. The van der Waals surface area contributed by atoms with Crippen LogP contribution in [0, 0.1) is 17.8 Å². The van der Waals surface area contributed by atoms with Crippen LogP contribution >= 0.6 is 0 Å². The molecule has 4 unspecified atom stereocenters. The first-order valence-electron chi connectivity index (χ1n) is 7.44. The number of amides is 1. The van der Waals surface area contributed by atoms with Crippen molar-refractivity contribution in [3.8, 4) is 0 Å². The minimum absolute atomic E-state index is 0.0259. The number of nitrogens with two attached hydrogens (primary N) is 1. The summed E-state index contributed by atoms with van der Waals surface area (Å²) in [7, 11) is -1.27. The molecule has 20 heavy (non-hydrogen) atoms. The molecule has 2 rings (SSSR count). The van der Waals surface area contributed by atoms with Gasteiger partial charge in [0.1, 0.15) is 9.84 Å². The van der Waals surface area contributed by atoms with Crippen LogP contribution in [-0.2, 0) is 14.6 Å². The minimum Gasteiger partial charge on any atom is -0.344 e. The first-order valence-corrected chi connectivity index (χ1v) is 9.50. The van der Waals surface area contributed by atoms with E-state index >= 15 is 0 Å². The van der Waals surface area contributed by atoms with Crippen molar-refractivity contribution in [3.05, 3.63) is 0 Å². The number of sulfone groups is 1. The third kappa shape index (κ3) is 3.95. The van der Waals surface area contributed by atoms with E-state index in [9.17, 15) is 13.2 Å². The second kappa shape index (κ2) is 6.02. The molecular weight excluding hydrogens is 276 g/mol. The topological polar surface area (TPSA) is 80.5 Å². The monoisotopic (exact) mass is 302 g/mol. The molecule has 0 saturated heterocycles. The number of carbonyl (C=O) groups is 1. The summed E-state index contributed by atoms with van der Waals surface area (Å²) >= 11 is 0. The van der Waals surface area contributed by atoms with Gasteiger partial charge in [0.15, 0.2) is 0 Å². The lowest BCUT2D eigenvalue weighted by molar-refractivity contribution is -0.132. The van der Waals surface area contributed by atoms with E-state index in [-0.39, 0.29) is 18.1 Å². The second-order valence-electron chi connectivity index (χ2n) is 6.68. The van der Waals surface area contributed by atoms with Crippen molar-refractivity contribution in [2.24, 2.45) is 23.5 Å². The number of likely N-dealkylation sites (N-methyl/N-ethyl adjacent to an activating group) is 1. The highest BCUT2D eigenvalue weighted by Crippen LogP contribution is 2.48. The molecule has 5 nitrogen and oxygen atoms in total. The van der Waals surface area contributed by atoms with Crippen LogP contribution < -0.4 is 5.73 Å². The number of carbonyl (C=O) groups excluding carboxylic acids is 1. The number of rotatable bonds is 6. The first kappa shape index (κ1) is 15.8. The molecule has 0 radical (unpaired) electrons. The van der Waals surface area contributed by atoms with Crippen molar-refractivity contribution in [2.75, 3.05) is 25.6 Å². The van der Waals surface area contributed by atoms with Crippen molar-refractivity contribution in [3.63, 3.8) is 0 Å². The molecule has 2 aliphatic rings. The van der Waals surface area contributed by atoms with Gasteiger partial charge in [0.25, 0.3) is 0 Å². The summed E-state index contributed by atoms with van der Waals surface area (Å²) in [6, 6.07) is -0.701. The Morgan fingerprint density at radius 1 is 1.35 bits per heavy atom. The van der Waals surface area contributed by atoms with E-state index in [1.165, 1.54) is 31.9 Å². The van der Waals surface area contributed by atoms with Crippen LogP contribution in [0.2, 0.25) is 0 Å².